The summed E-state index contributed by atoms with van der Waals surface area (Å²) in [4.78, 5) is 0.352. The zero-order valence-corrected chi connectivity index (χ0v) is 13.3. The standard InChI is InChI=1S/C15H24N2O2S/c1-11-12(10-16)5-4-6-14(11)20(18,19)17-13-7-8-15(2,3)9-13/h4-6,13,17H,7-10,16H2,1-3H3. The molecule has 1 aliphatic rings. The molecule has 0 radical (unpaired) electrons. The van der Waals surface area contributed by atoms with Crippen molar-refractivity contribution in [1.82, 2.24) is 4.72 Å². The van der Waals surface area contributed by atoms with Gasteiger partial charge in [0.05, 0.1) is 4.90 Å². The molecule has 2 rings (SSSR count). The Morgan fingerprint density at radius 3 is 2.65 bits per heavy atom. The van der Waals surface area contributed by atoms with Crippen molar-refractivity contribution in [2.75, 3.05) is 0 Å². The van der Waals surface area contributed by atoms with Crippen LogP contribution in [-0.4, -0.2) is 14.5 Å². The van der Waals surface area contributed by atoms with Gasteiger partial charge < -0.3 is 5.73 Å². The normalized spacial score (nSPS) is 22.1. The SMILES string of the molecule is Cc1c(CN)cccc1S(=O)(=O)NC1CCC(C)(C)C1. The van der Waals surface area contributed by atoms with Crippen molar-refractivity contribution in [2.24, 2.45) is 11.1 Å². The van der Waals surface area contributed by atoms with E-state index in [9.17, 15) is 8.42 Å². The number of hydrogen-bond acceptors (Lipinski definition) is 3. The molecule has 1 saturated carbocycles. The fourth-order valence-electron chi connectivity index (χ4n) is 2.99. The van der Waals surface area contributed by atoms with Gasteiger partial charge >= 0.3 is 0 Å². The zero-order chi connectivity index (χ0) is 15.0. The minimum absolute atomic E-state index is 0.0379. The van der Waals surface area contributed by atoms with E-state index in [4.69, 9.17) is 5.73 Å². The van der Waals surface area contributed by atoms with Crippen molar-refractivity contribution < 1.29 is 8.42 Å². The van der Waals surface area contributed by atoms with Gasteiger partial charge in [-0.05, 0) is 48.8 Å². The second-order valence-corrected chi connectivity index (χ2v) is 8.15. The summed E-state index contributed by atoms with van der Waals surface area (Å²) in [5.41, 5.74) is 7.49. The van der Waals surface area contributed by atoms with Gasteiger partial charge in [-0.1, -0.05) is 26.0 Å². The van der Waals surface area contributed by atoms with E-state index in [1.807, 2.05) is 13.0 Å². The molecule has 0 aliphatic heterocycles. The Labute approximate surface area is 121 Å². The molecule has 0 heterocycles. The van der Waals surface area contributed by atoms with Gasteiger partial charge in [0.25, 0.3) is 0 Å². The molecule has 0 bridgehead atoms. The number of rotatable bonds is 4. The summed E-state index contributed by atoms with van der Waals surface area (Å²) in [7, 11) is -3.46. The van der Waals surface area contributed by atoms with Crippen LogP contribution in [0.25, 0.3) is 0 Å². The summed E-state index contributed by atoms with van der Waals surface area (Å²) in [5.74, 6) is 0. The second kappa shape index (κ2) is 5.47. The van der Waals surface area contributed by atoms with Crippen LogP contribution >= 0.6 is 0 Å². The Morgan fingerprint density at radius 1 is 1.40 bits per heavy atom. The largest absolute Gasteiger partial charge is 0.326 e. The number of nitrogens with one attached hydrogen (secondary N) is 1. The molecule has 1 aliphatic carbocycles. The van der Waals surface area contributed by atoms with Crippen LogP contribution in [0.5, 0.6) is 0 Å². The van der Waals surface area contributed by atoms with Crippen molar-refractivity contribution in [2.45, 2.75) is 57.5 Å². The maximum Gasteiger partial charge on any atom is 0.241 e. The molecule has 1 unspecified atom stereocenters. The fraction of sp³-hybridized carbons (Fsp3) is 0.600. The maximum absolute atomic E-state index is 12.5. The van der Waals surface area contributed by atoms with E-state index in [-0.39, 0.29) is 11.5 Å². The molecule has 112 valence electrons. The molecule has 1 atom stereocenters. The lowest BCUT2D eigenvalue weighted by Gasteiger charge is -2.19. The highest BCUT2D eigenvalue weighted by Crippen LogP contribution is 2.37. The van der Waals surface area contributed by atoms with Gasteiger partial charge in [-0.3, -0.25) is 0 Å². The number of benzene rings is 1. The maximum atomic E-state index is 12.5. The van der Waals surface area contributed by atoms with Gasteiger partial charge in [0.15, 0.2) is 0 Å². The van der Waals surface area contributed by atoms with E-state index in [2.05, 4.69) is 18.6 Å². The van der Waals surface area contributed by atoms with Crippen molar-refractivity contribution in [1.29, 1.82) is 0 Å². The van der Waals surface area contributed by atoms with Gasteiger partial charge in [0, 0.05) is 12.6 Å². The number of hydrogen-bond donors (Lipinski definition) is 2. The molecule has 0 aromatic heterocycles. The van der Waals surface area contributed by atoms with E-state index >= 15 is 0 Å². The van der Waals surface area contributed by atoms with Gasteiger partial charge in [-0.25, -0.2) is 13.1 Å². The summed E-state index contributed by atoms with van der Waals surface area (Å²) < 4.78 is 27.9. The van der Waals surface area contributed by atoms with E-state index in [0.29, 0.717) is 11.4 Å². The molecule has 3 N–H and O–H groups in total. The van der Waals surface area contributed by atoms with Crippen LogP contribution < -0.4 is 10.5 Å². The summed E-state index contributed by atoms with van der Waals surface area (Å²) in [6.45, 7) is 6.53. The first-order chi connectivity index (χ1) is 9.25. The molecule has 20 heavy (non-hydrogen) atoms. The van der Waals surface area contributed by atoms with Crippen LogP contribution in [0.15, 0.2) is 23.1 Å². The quantitative estimate of drug-likeness (QED) is 0.895. The second-order valence-electron chi connectivity index (χ2n) is 6.47. The average Bonchev–Trinajstić information content (AvgIpc) is 2.67. The van der Waals surface area contributed by atoms with Crippen LogP contribution in [0.2, 0.25) is 0 Å². The highest BCUT2D eigenvalue weighted by Gasteiger charge is 2.33. The highest BCUT2D eigenvalue weighted by atomic mass is 32.2. The van der Waals surface area contributed by atoms with Gasteiger partial charge in [-0.2, -0.15) is 0 Å². The third kappa shape index (κ3) is 3.22. The first kappa shape index (κ1) is 15.5. The smallest absolute Gasteiger partial charge is 0.241 e. The van der Waals surface area contributed by atoms with Crippen LogP contribution in [0.1, 0.15) is 44.2 Å². The van der Waals surface area contributed by atoms with Crippen LogP contribution in [-0.2, 0) is 16.6 Å². The summed E-state index contributed by atoms with van der Waals surface area (Å²) >= 11 is 0. The molecule has 1 aromatic rings. The first-order valence-electron chi connectivity index (χ1n) is 7.06. The van der Waals surface area contributed by atoms with Crippen molar-refractivity contribution >= 4 is 10.0 Å². The van der Waals surface area contributed by atoms with E-state index in [1.165, 1.54) is 0 Å². The third-order valence-electron chi connectivity index (χ3n) is 4.20. The Bertz CT molecular complexity index is 594. The van der Waals surface area contributed by atoms with Crippen molar-refractivity contribution in [3.05, 3.63) is 29.3 Å². The molecule has 4 nitrogen and oxygen atoms in total. The van der Waals surface area contributed by atoms with Gasteiger partial charge in [0.2, 0.25) is 10.0 Å². The monoisotopic (exact) mass is 296 g/mol. The highest BCUT2D eigenvalue weighted by molar-refractivity contribution is 7.89. The lowest BCUT2D eigenvalue weighted by atomic mass is 9.92. The Morgan fingerprint density at radius 2 is 2.10 bits per heavy atom. The minimum atomic E-state index is -3.46. The molecule has 0 amide bonds. The lowest BCUT2D eigenvalue weighted by Crippen LogP contribution is -2.34. The van der Waals surface area contributed by atoms with Crippen LogP contribution in [0.4, 0.5) is 0 Å². The molecule has 1 fully saturated rings. The predicted molar refractivity (Wildman–Crippen MR) is 80.8 cm³/mol. The molecule has 5 heteroatoms. The van der Waals surface area contributed by atoms with E-state index < -0.39 is 10.0 Å². The molecule has 0 spiro atoms. The Kier molecular flexibility index (Phi) is 4.23. The topological polar surface area (TPSA) is 72.2 Å². The van der Waals surface area contributed by atoms with Crippen LogP contribution in [0, 0.1) is 12.3 Å². The molecule has 0 saturated heterocycles. The van der Waals surface area contributed by atoms with Gasteiger partial charge in [0.1, 0.15) is 0 Å². The Hall–Kier alpha value is -0.910. The molecular formula is C15H24N2O2S. The van der Waals surface area contributed by atoms with Crippen LogP contribution in [0.3, 0.4) is 0 Å². The zero-order valence-electron chi connectivity index (χ0n) is 12.4. The van der Waals surface area contributed by atoms with E-state index in [1.54, 1.807) is 12.1 Å². The fourth-order valence-corrected chi connectivity index (χ4v) is 4.55. The minimum Gasteiger partial charge on any atom is -0.326 e. The lowest BCUT2D eigenvalue weighted by molar-refractivity contribution is 0.372. The van der Waals surface area contributed by atoms with Crippen molar-refractivity contribution in [3.63, 3.8) is 0 Å². The summed E-state index contributed by atoms with van der Waals surface area (Å²) in [5, 5.41) is 0. The average molecular weight is 296 g/mol. The predicted octanol–water partition coefficient (Wildman–Crippen LogP) is 2.31. The third-order valence-corrected chi connectivity index (χ3v) is 5.86. The summed E-state index contributed by atoms with van der Waals surface area (Å²) in [6.07, 6.45) is 2.85. The summed E-state index contributed by atoms with van der Waals surface area (Å²) in [6, 6.07) is 5.31. The first-order valence-corrected chi connectivity index (χ1v) is 8.54. The van der Waals surface area contributed by atoms with E-state index in [0.717, 1.165) is 30.4 Å². The molecule has 1 aromatic carbocycles. The molecular weight excluding hydrogens is 272 g/mol. The van der Waals surface area contributed by atoms with Gasteiger partial charge in [-0.15, -0.1) is 0 Å². The Balaban J connectivity index is 2.23. The number of sulfonamides is 1. The number of nitrogens with two attached hydrogens (primary N) is 1. The van der Waals surface area contributed by atoms with Crippen molar-refractivity contribution in [3.8, 4) is 0 Å².